The second-order valence-corrected chi connectivity index (χ2v) is 4.60. The van der Waals surface area contributed by atoms with Crippen LogP contribution in [0.25, 0.3) is 0 Å². The van der Waals surface area contributed by atoms with Crippen molar-refractivity contribution in [2.75, 3.05) is 13.1 Å². The summed E-state index contributed by atoms with van der Waals surface area (Å²) < 4.78 is 13.3. The molecule has 1 amide bonds. The van der Waals surface area contributed by atoms with Gasteiger partial charge in [-0.25, -0.2) is 4.39 Å². The lowest BCUT2D eigenvalue weighted by atomic mass is 10.1. The molecule has 1 rings (SSSR count). The van der Waals surface area contributed by atoms with Crippen molar-refractivity contribution in [1.29, 1.82) is 0 Å². The lowest BCUT2D eigenvalue weighted by Crippen LogP contribution is -2.40. The summed E-state index contributed by atoms with van der Waals surface area (Å²) in [5.74, 6) is -0.187. The quantitative estimate of drug-likeness (QED) is 0.709. The number of carbonyl (C=O) groups excluding carboxylic acids is 1. The van der Waals surface area contributed by atoms with Crippen molar-refractivity contribution in [2.24, 2.45) is 0 Å². The number of carbonyl (C=O) groups is 1. The van der Waals surface area contributed by atoms with E-state index in [0.29, 0.717) is 18.5 Å². The average Bonchev–Trinajstić information content (AvgIpc) is 2.42. The zero-order valence-corrected chi connectivity index (χ0v) is 11.7. The molecule has 4 heteroatoms. The van der Waals surface area contributed by atoms with Crippen molar-refractivity contribution in [2.45, 2.75) is 39.2 Å². The largest absolute Gasteiger partial charge is 0.352 e. The normalized spacial score (nSPS) is 10.7. The first-order chi connectivity index (χ1) is 9.17. The van der Waals surface area contributed by atoms with E-state index >= 15 is 0 Å². The molecule has 0 aliphatic heterocycles. The van der Waals surface area contributed by atoms with Crippen LogP contribution < -0.4 is 10.6 Å². The van der Waals surface area contributed by atoms with Crippen LogP contribution in [0.1, 0.15) is 32.3 Å². The van der Waals surface area contributed by atoms with Gasteiger partial charge in [0.1, 0.15) is 5.82 Å². The predicted molar refractivity (Wildman–Crippen MR) is 75.5 cm³/mol. The molecule has 0 fully saturated rings. The summed E-state index contributed by atoms with van der Waals surface area (Å²) in [7, 11) is 0. The van der Waals surface area contributed by atoms with Gasteiger partial charge in [-0.3, -0.25) is 4.79 Å². The molecule has 0 spiro atoms. The maximum atomic E-state index is 13.3. The van der Waals surface area contributed by atoms with Crippen molar-refractivity contribution in [3.63, 3.8) is 0 Å². The molecule has 0 saturated carbocycles. The Morgan fingerprint density at radius 1 is 1.26 bits per heavy atom. The van der Waals surface area contributed by atoms with Crippen molar-refractivity contribution in [3.8, 4) is 0 Å². The lowest BCUT2D eigenvalue weighted by molar-refractivity contribution is -0.121. The SMILES string of the molecule is CCC(CC)NC(=O)CNCCc1ccccc1F. The fourth-order valence-electron chi connectivity index (χ4n) is 1.90. The van der Waals surface area contributed by atoms with Gasteiger partial charge in [0.2, 0.25) is 5.91 Å². The van der Waals surface area contributed by atoms with Crippen molar-refractivity contribution in [1.82, 2.24) is 10.6 Å². The van der Waals surface area contributed by atoms with Gasteiger partial charge < -0.3 is 10.6 Å². The van der Waals surface area contributed by atoms with Gasteiger partial charge in [-0.1, -0.05) is 32.0 Å². The number of amides is 1. The Morgan fingerprint density at radius 2 is 1.95 bits per heavy atom. The van der Waals surface area contributed by atoms with Gasteiger partial charge in [-0.2, -0.15) is 0 Å². The van der Waals surface area contributed by atoms with Crippen LogP contribution in [0.15, 0.2) is 24.3 Å². The van der Waals surface area contributed by atoms with E-state index in [9.17, 15) is 9.18 Å². The molecule has 1 aromatic rings. The number of halogens is 1. The highest BCUT2D eigenvalue weighted by Gasteiger charge is 2.07. The second kappa shape index (κ2) is 8.64. The van der Waals surface area contributed by atoms with Gasteiger partial charge in [0.05, 0.1) is 6.54 Å². The second-order valence-electron chi connectivity index (χ2n) is 4.60. The van der Waals surface area contributed by atoms with Crippen LogP contribution in [0.2, 0.25) is 0 Å². The topological polar surface area (TPSA) is 41.1 Å². The Labute approximate surface area is 114 Å². The summed E-state index contributed by atoms with van der Waals surface area (Å²) in [4.78, 5) is 11.6. The Hall–Kier alpha value is -1.42. The predicted octanol–water partition coefficient (Wildman–Crippen LogP) is 2.26. The fraction of sp³-hybridized carbons (Fsp3) is 0.533. The third-order valence-electron chi connectivity index (χ3n) is 3.17. The van der Waals surface area contributed by atoms with E-state index in [1.807, 2.05) is 6.07 Å². The van der Waals surface area contributed by atoms with E-state index < -0.39 is 0 Å². The highest BCUT2D eigenvalue weighted by molar-refractivity contribution is 5.78. The zero-order chi connectivity index (χ0) is 14.1. The molecular weight excluding hydrogens is 243 g/mol. The van der Waals surface area contributed by atoms with Crippen LogP contribution in [0.4, 0.5) is 4.39 Å². The van der Waals surface area contributed by atoms with Crippen LogP contribution in [-0.4, -0.2) is 25.0 Å². The summed E-state index contributed by atoms with van der Waals surface area (Å²) in [6.45, 7) is 4.99. The average molecular weight is 266 g/mol. The molecule has 0 unspecified atom stereocenters. The molecule has 0 atom stereocenters. The summed E-state index contributed by atoms with van der Waals surface area (Å²) in [6, 6.07) is 6.96. The van der Waals surface area contributed by atoms with Crippen LogP contribution in [0.3, 0.4) is 0 Å². The van der Waals surface area contributed by atoms with Crippen LogP contribution in [0, 0.1) is 5.82 Å². The van der Waals surface area contributed by atoms with Gasteiger partial charge in [-0.15, -0.1) is 0 Å². The third kappa shape index (κ3) is 5.83. The molecule has 0 bridgehead atoms. The lowest BCUT2D eigenvalue weighted by Gasteiger charge is -2.14. The van der Waals surface area contributed by atoms with Crippen LogP contribution in [-0.2, 0) is 11.2 Å². The minimum Gasteiger partial charge on any atom is -0.352 e. The fourth-order valence-corrected chi connectivity index (χ4v) is 1.90. The highest BCUT2D eigenvalue weighted by Crippen LogP contribution is 2.05. The molecule has 0 radical (unpaired) electrons. The van der Waals surface area contributed by atoms with E-state index in [4.69, 9.17) is 0 Å². The number of hydrogen-bond donors (Lipinski definition) is 2. The van der Waals surface area contributed by atoms with Crippen LogP contribution >= 0.6 is 0 Å². The van der Waals surface area contributed by atoms with E-state index in [1.165, 1.54) is 6.07 Å². The van der Waals surface area contributed by atoms with Gasteiger partial charge in [0.15, 0.2) is 0 Å². The van der Waals surface area contributed by atoms with Gasteiger partial charge in [0.25, 0.3) is 0 Å². The molecule has 0 aliphatic carbocycles. The first-order valence-corrected chi connectivity index (χ1v) is 6.90. The number of rotatable bonds is 8. The molecule has 0 aliphatic rings. The van der Waals surface area contributed by atoms with E-state index in [1.54, 1.807) is 12.1 Å². The van der Waals surface area contributed by atoms with E-state index in [2.05, 4.69) is 24.5 Å². The summed E-state index contributed by atoms with van der Waals surface area (Å²) in [6.07, 6.45) is 2.47. The summed E-state index contributed by atoms with van der Waals surface area (Å²) in [5.41, 5.74) is 0.676. The van der Waals surface area contributed by atoms with Gasteiger partial charge in [0, 0.05) is 6.04 Å². The van der Waals surface area contributed by atoms with Crippen molar-refractivity contribution < 1.29 is 9.18 Å². The molecule has 0 aromatic heterocycles. The zero-order valence-electron chi connectivity index (χ0n) is 11.7. The molecule has 3 nitrogen and oxygen atoms in total. The standard InChI is InChI=1S/C15H23FN2O/c1-3-13(4-2)18-15(19)11-17-10-9-12-7-5-6-8-14(12)16/h5-8,13,17H,3-4,9-11H2,1-2H3,(H,18,19). The first kappa shape index (κ1) is 15.6. The Morgan fingerprint density at radius 3 is 2.58 bits per heavy atom. The van der Waals surface area contributed by atoms with Gasteiger partial charge in [-0.05, 0) is 37.4 Å². The summed E-state index contributed by atoms with van der Waals surface area (Å²) in [5, 5.41) is 5.99. The molecule has 1 aromatic carbocycles. The third-order valence-corrected chi connectivity index (χ3v) is 3.17. The number of nitrogens with one attached hydrogen (secondary N) is 2. The maximum Gasteiger partial charge on any atom is 0.234 e. The Bertz CT molecular complexity index is 391. The number of benzene rings is 1. The minimum atomic E-state index is -0.189. The van der Waals surface area contributed by atoms with Gasteiger partial charge >= 0.3 is 0 Å². The maximum absolute atomic E-state index is 13.3. The van der Waals surface area contributed by atoms with Crippen molar-refractivity contribution in [3.05, 3.63) is 35.6 Å². The Balaban J connectivity index is 2.20. The molecule has 0 saturated heterocycles. The Kier molecular flexibility index (Phi) is 7.11. The molecule has 2 N–H and O–H groups in total. The van der Waals surface area contributed by atoms with Crippen LogP contribution in [0.5, 0.6) is 0 Å². The monoisotopic (exact) mass is 266 g/mol. The first-order valence-electron chi connectivity index (χ1n) is 6.90. The highest BCUT2D eigenvalue weighted by atomic mass is 19.1. The minimum absolute atomic E-state index is 0.00207. The molecule has 106 valence electrons. The molecular formula is C15H23FN2O. The smallest absolute Gasteiger partial charge is 0.234 e. The molecule has 0 heterocycles. The summed E-state index contributed by atoms with van der Waals surface area (Å²) >= 11 is 0. The van der Waals surface area contributed by atoms with Crippen molar-refractivity contribution >= 4 is 5.91 Å². The van der Waals surface area contributed by atoms with E-state index in [0.717, 1.165) is 12.8 Å². The number of hydrogen-bond acceptors (Lipinski definition) is 2. The van der Waals surface area contributed by atoms with E-state index in [-0.39, 0.29) is 24.3 Å². The molecule has 19 heavy (non-hydrogen) atoms.